The first-order chi connectivity index (χ1) is 13.3. The topological polar surface area (TPSA) is 66.8 Å². The molecule has 2 atom stereocenters. The van der Waals surface area contributed by atoms with Crippen molar-refractivity contribution in [2.75, 3.05) is 16.4 Å². The number of fused-ring (bicyclic) bond motifs is 1. The van der Waals surface area contributed by atoms with Gasteiger partial charge in [0.2, 0.25) is 0 Å². The molecule has 2 fully saturated rings. The molecule has 2 heterocycles. The summed E-state index contributed by atoms with van der Waals surface area (Å²) >= 11 is 7.28. The number of benzene rings is 2. The van der Waals surface area contributed by atoms with Gasteiger partial charge in [-0.2, -0.15) is 4.99 Å². The van der Waals surface area contributed by atoms with Crippen LogP contribution in [0, 0.1) is 5.82 Å². The lowest BCUT2D eigenvalue weighted by atomic mass is 10.1. The van der Waals surface area contributed by atoms with Gasteiger partial charge < -0.3 is 4.90 Å². The first-order valence-electron chi connectivity index (χ1n) is 8.58. The highest BCUT2D eigenvalue weighted by Gasteiger charge is 2.49. The molecule has 0 aliphatic carbocycles. The van der Waals surface area contributed by atoms with E-state index >= 15 is 0 Å². The zero-order valence-corrected chi connectivity index (χ0v) is 17.0. The predicted octanol–water partition coefficient (Wildman–Crippen LogP) is 3.32. The van der Waals surface area contributed by atoms with Crippen molar-refractivity contribution in [2.24, 2.45) is 4.99 Å². The van der Waals surface area contributed by atoms with E-state index in [4.69, 9.17) is 11.6 Å². The summed E-state index contributed by atoms with van der Waals surface area (Å²) in [6.45, 7) is 0. The van der Waals surface area contributed by atoms with E-state index in [0.717, 1.165) is 5.69 Å². The standard InChI is InChI=1S/C19H16ClFN2O3S2/c20-13-3-7-15(8-4-13)23-16-10-28(25,26)11-17(16)27-19(23)22-18(24)9-12-1-5-14(21)6-2-12/h1-8,16-17H,9-11H2. The van der Waals surface area contributed by atoms with Crippen molar-refractivity contribution in [3.8, 4) is 0 Å². The van der Waals surface area contributed by atoms with Crippen molar-refractivity contribution in [2.45, 2.75) is 17.7 Å². The van der Waals surface area contributed by atoms with Crippen molar-refractivity contribution in [3.63, 3.8) is 0 Å². The van der Waals surface area contributed by atoms with E-state index in [1.54, 1.807) is 36.4 Å². The monoisotopic (exact) mass is 438 g/mol. The average molecular weight is 439 g/mol. The second kappa shape index (κ2) is 7.50. The minimum atomic E-state index is -3.12. The Morgan fingerprint density at radius 3 is 2.50 bits per heavy atom. The van der Waals surface area contributed by atoms with Crippen molar-refractivity contribution >= 4 is 50.0 Å². The number of hydrogen-bond acceptors (Lipinski definition) is 4. The molecule has 2 aromatic carbocycles. The number of aliphatic imine (C=N–C) groups is 1. The highest BCUT2D eigenvalue weighted by molar-refractivity contribution is 8.16. The molecule has 0 bridgehead atoms. The van der Waals surface area contributed by atoms with Gasteiger partial charge in [-0.1, -0.05) is 35.5 Å². The third-order valence-electron chi connectivity index (χ3n) is 4.66. The number of hydrogen-bond donors (Lipinski definition) is 0. The summed E-state index contributed by atoms with van der Waals surface area (Å²) in [6.07, 6.45) is 0.0480. The number of thioether (sulfide) groups is 1. The van der Waals surface area contributed by atoms with Gasteiger partial charge in [0.1, 0.15) is 5.82 Å². The van der Waals surface area contributed by atoms with Crippen LogP contribution in [0.25, 0.3) is 0 Å². The number of carbonyl (C=O) groups excluding carboxylic acids is 1. The summed E-state index contributed by atoms with van der Waals surface area (Å²) in [5.41, 5.74) is 1.41. The number of amidine groups is 1. The number of rotatable bonds is 3. The number of anilines is 1. The smallest absolute Gasteiger partial charge is 0.252 e. The molecule has 2 aliphatic heterocycles. The lowest BCUT2D eigenvalue weighted by Crippen LogP contribution is -2.37. The maximum absolute atomic E-state index is 13.0. The summed E-state index contributed by atoms with van der Waals surface area (Å²) in [7, 11) is -3.12. The van der Waals surface area contributed by atoms with E-state index < -0.39 is 9.84 Å². The molecule has 9 heteroatoms. The van der Waals surface area contributed by atoms with Gasteiger partial charge in [0, 0.05) is 16.0 Å². The van der Waals surface area contributed by atoms with Crippen molar-refractivity contribution in [1.29, 1.82) is 0 Å². The molecule has 0 aromatic heterocycles. The molecule has 2 unspecified atom stereocenters. The number of nitrogens with zero attached hydrogens (tertiary/aromatic N) is 2. The van der Waals surface area contributed by atoms with Crippen LogP contribution >= 0.6 is 23.4 Å². The van der Waals surface area contributed by atoms with E-state index in [0.29, 0.717) is 15.8 Å². The fraction of sp³-hybridized carbons (Fsp3) is 0.263. The maximum atomic E-state index is 13.0. The quantitative estimate of drug-likeness (QED) is 0.735. The molecule has 0 radical (unpaired) electrons. The Bertz CT molecular complexity index is 1040. The molecule has 2 saturated heterocycles. The van der Waals surface area contributed by atoms with E-state index in [2.05, 4.69) is 4.99 Å². The number of amides is 1. The summed E-state index contributed by atoms with van der Waals surface area (Å²) in [5.74, 6) is -0.636. The number of halogens is 2. The van der Waals surface area contributed by atoms with E-state index in [1.165, 1.54) is 23.9 Å². The third-order valence-corrected chi connectivity index (χ3v) is 8.12. The Labute approximate surface area is 171 Å². The first kappa shape index (κ1) is 19.4. The fourth-order valence-electron chi connectivity index (χ4n) is 3.39. The fourth-order valence-corrected chi connectivity index (χ4v) is 7.45. The normalized spacial score (nSPS) is 24.5. The molecule has 0 spiro atoms. The Balaban J connectivity index is 1.62. The van der Waals surface area contributed by atoms with Crippen LogP contribution in [0.5, 0.6) is 0 Å². The van der Waals surface area contributed by atoms with Crippen LogP contribution in [0.15, 0.2) is 53.5 Å². The largest absolute Gasteiger partial charge is 0.316 e. The van der Waals surface area contributed by atoms with Gasteiger partial charge in [0.25, 0.3) is 5.91 Å². The molecule has 0 saturated carbocycles. The lowest BCUT2D eigenvalue weighted by molar-refractivity contribution is -0.117. The minimum Gasteiger partial charge on any atom is -0.316 e. The van der Waals surface area contributed by atoms with Gasteiger partial charge in [0.05, 0.1) is 24.0 Å². The zero-order valence-electron chi connectivity index (χ0n) is 14.6. The van der Waals surface area contributed by atoms with Crippen LogP contribution in [-0.4, -0.2) is 42.3 Å². The molecule has 4 rings (SSSR count). The van der Waals surface area contributed by atoms with Crippen LogP contribution < -0.4 is 4.90 Å². The van der Waals surface area contributed by atoms with Crippen LogP contribution in [-0.2, 0) is 21.1 Å². The summed E-state index contributed by atoms with van der Waals surface area (Å²) in [4.78, 5) is 18.5. The Kier molecular flexibility index (Phi) is 5.20. The summed E-state index contributed by atoms with van der Waals surface area (Å²) < 4.78 is 37.2. The SMILES string of the molecule is O=C(Cc1ccc(F)cc1)N=C1SC2CS(=O)(=O)CC2N1c1ccc(Cl)cc1. The maximum Gasteiger partial charge on any atom is 0.252 e. The summed E-state index contributed by atoms with van der Waals surface area (Å²) in [5, 5.41) is 0.884. The second-order valence-electron chi connectivity index (χ2n) is 6.74. The summed E-state index contributed by atoms with van der Waals surface area (Å²) in [6, 6.07) is 12.4. The second-order valence-corrected chi connectivity index (χ2v) is 10.5. The lowest BCUT2D eigenvalue weighted by Gasteiger charge is -2.24. The van der Waals surface area contributed by atoms with Gasteiger partial charge >= 0.3 is 0 Å². The molecule has 28 heavy (non-hydrogen) atoms. The highest BCUT2D eigenvalue weighted by Crippen LogP contribution is 2.41. The Hall–Kier alpha value is -1.90. The molecular weight excluding hydrogens is 423 g/mol. The molecule has 2 aromatic rings. The van der Waals surface area contributed by atoms with Crippen LogP contribution in [0.1, 0.15) is 5.56 Å². The first-order valence-corrected chi connectivity index (χ1v) is 11.7. The van der Waals surface area contributed by atoms with Crippen molar-refractivity contribution in [1.82, 2.24) is 0 Å². The van der Waals surface area contributed by atoms with Gasteiger partial charge in [-0.3, -0.25) is 4.79 Å². The molecule has 2 aliphatic rings. The van der Waals surface area contributed by atoms with E-state index in [1.807, 2.05) is 4.90 Å². The van der Waals surface area contributed by atoms with Crippen molar-refractivity contribution < 1.29 is 17.6 Å². The van der Waals surface area contributed by atoms with E-state index in [-0.39, 0.29) is 40.9 Å². The number of sulfone groups is 1. The molecule has 1 amide bonds. The molecule has 0 N–H and O–H groups in total. The van der Waals surface area contributed by atoms with Gasteiger partial charge in [-0.05, 0) is 42.0 Å². The Morgan fingerprint density at radius 1 is 1.14 bits per heavy atom. The third kappa shape index (κ3) is 4.09. The van der Waals surface area contributed by atoms with Crippen LogP contribution in [0.3, 0.4) is 0 Å². The predicted molar refractivity (Wildman–Crippen MR) is 110 cm³/mol. The molecule has 5 nitrogen and oxygen atoms in total. The highest BCUT2D eigenvalue weighted by atomic mass is 35.5. The van der Waals surface area contributed by atoms with Gasteiger partial charge in [-0.25, -0.2) is 12.8 Å². The Morgan fingerprint density at radius 2 is 1.82 bits per heavy atom. The van der Waals surface area contributed by atoms with Gasteiger partial charge in [0.15, 0.2) is 15.0 Å². The minimum absolute atomic E-state index is 0.0263. The van der Waals surface area contributed by atoms with Crippen LogP contribution in [0.4, 0.5) is 10.1 Å². The molecular formula is C19H16ClFN2O3S2. The average Bonchev–Trinajstić information content (AvgIpc) is 3.09. The molecule has 146 valence electrons. The van der Waals surface area contributed by atoms with E-state index in [9.17, 15) is 17.6 Å². The van der Waals surface area contributed by atoms with Crippen molar-refractivity contribution in [3.05, 3.63) is 64.9 Å². The van der Waals surface area contributed by atoms with Crippen LogP contribution in [0.2, 0.25) is 5.02 Å². The number of carbonyl (C=O) groups is 1. The zero-order chi connectivity index (χ0) is 19.9. The van der Waals surface area contributed by atoms with Gasteiger partial charge in [-0.15, -0.1) is 0 Å².